The summed E-state index contributed by atoms with van der Waals surface area (Å²) in [5.41, 5.74) is 4.67. The molecule has 2 rings (SSSR count). The Morgan fingerprint density at radius 2 is 1.64 bits per heavy atom. The van der Waals surface area contributed by atoms with Gasteiger partial charge in [-0.2, -0.15) is 5.10 Å². The van der Waals surface area contributed by atoms with Crippen LogP contribution in [0.3, 0.4) is 0 Å². The van der Waals surface area contributed by atoms with Crippen molar-refractivity contribution in [2.45, 2.75) is 6.92 Å². The minimum atomic E-state index is -0.309. The number of nitrogens with zero attached hydrogens (tertiary/aromatic N) is 1. The summed E-state index contributed by atoms with van der Waals surface area (Å²) in [5, 5.41) is 4.11. The van der Waals surface area contributed by atoms with E-state index in [9.17, 15) is 4.79 Å². The molecule has 0 radical (unpaired) electrons. The minimum Gasteiger partial charge on any atom is -0.493 e. The Labute approximate surface area is 129 Å². The first-order chi connectivity index (χ1) is 10.7. The van der Waals surface area contributed by atoms with Crippen LogP contribution in [0, 0.1) is 0 Å². The van der Waals surface area contributed by atoms with Crippen LogP contribution >= 0.6 is 0 Å². The van der Waals surface area contributed by atoms with Crippen molar-refractivity contribution in [3.05, 3.63) is 59.7 Å². The maximum atomic E-state index is 12.1. The summed E-state index contributed by atoms with van der Waals surface area (Å²) in [4.78, 5) is 12.1. The molecule has 0 aliphatic heterocycles. The van der Waals surface area contributed by atoms with E-state index in [1.165, 1.54) is 7.11 Å². The van der Waals surface area contributed by atoms with Crippen LogP contribution in [0.1, 0.15) is 22.8 Å². The first-order valence-corrected chi connectivity index (χ1v) is 6.77. The average molecular weight is 298 g/mol. The lowest BCUT2D eigenvalue weighted by Gasteiger charge is -2.09. The number of amides is 1. The molecule has 1 N–H and O–H groups in total. The Kier molecular flexibility index (Phi) is 5.14. The third kappa shape index (κ3) is 3.63. The predicted molar refractivity (Wildman–Crippen MR) is 85.7 cm³/mol. The Morgan fingerprint density at radius 3 is 2.27 bits per heavy atom. The monoisotopic (exact) mass is 298 g/mol. The molecule has 0 aliphatic rings. The highest BCUT2D eigenvalue weighted by atomic mass is 16.5. The van der Waals surface area contributed by atoms with Crippen LogP contribution in [-0.2, 0) is 0 Å². The van der Waals surface area contributed by atoms with Gasteiger partial charge in [-0.1, -0.05) is 30.3 Å². The summed E-state index contributed by atoms with van der Waals surface area (Å²) in [6, 6.07) is 14.6. The summed E-state index contributed by atoms with van der Waals surface area (Å²) in [5.74, 6) is 0.762. The maximum absolute atomic E-state index is 12.1. The number of nitrogens with one attached hydrogen (secondary N) is 1. The second-order valence-corrected chi connectivity index (χ2v) is 4.57. The van der Waals surface area contributed by atoms with Gasteiger partial charge in [-0.05, 0) is 30.7 Å². The van der Waals surface area contributed by atoms with E-state index in [4.69, 9.17) is 9.47 Å². The van der Waals surface area contributed by atoms with Gasteiger partial charge in [0.1, 0.15) is 0 Å². The number of hydrogen-bond acceptors (Lipinski definition) is 4. The molecule has 114 valence electrons. The highest BCUT2D eigenvalue weighted by Gasteiger charge is 2.10. The topological polar surface area (TPSA) is 59.9 Å². The van der Waals surface area contributed by atoms with Crippen LogP contribution in [0.5, 0.6) is 11.5 Å². The maximum Gasteiger partial charge on any atom is 0.271 e. The molecule has 0 heterocycles. The van der Waals surface area contributed by atoms with Crippen molar-refractivity contribution in [1.82, 2.24) is 5.43 Å². The number of benzene rings is 2. The molecule has 0 spiro atoms. The standard InChI is InChI=1S/C17H18N2O3/c1-12(13-7-5-4-6-8-13)18-19-17(20)14-9-10-15(21-2)16(11-14)22-3/h4-11H,1-3H3,(H,19,20)/b18-12-. The van der Waals surface area contributed by atoms with E-state index in [-0.39, 0.29) is 5.91 Å². The van der Waals surface area contributed by atoms with Gasteiger partial charge >= 0.3 is 0 Å². The summed E-state index contributed by atoms with van der Waals surface area (Å²) in [6.45, 7) is 1.84. The van der Waals surface area contributed by atoms with Crippen molar-refractivity contribution < 1.29 is 14.3 Å². The van der Waals surface area contributed by atoms with Crippen LogP contribution in [-0.4, -0.2) is 25.8 Å². The number of rotatable bonds is 5. The molecule has 0 saturated carbocycles. The summed E-state index contributed by atoms with van der Waals surface area (Å²) in [7, 11) is 3.07. The van der Waals surface area contributed by atoms with Crippen molar-refractivity contribution in [1.29, 1.82) is 0 Å². The van der Waals surface area contributed by atoms with E-state index >= 15 is 0 Å². The molecule has 1 amide bonds. The van der Waals surface area contributed by atoms with Gasteiger partial charge in [-0.15, -0.1) is 0 Å². The van der Waals surface area contributed by atoms with Gasteiger partial charge in [0.05, 0.1) is 19.9 Å². The van der Waals surface area contributed by atoms with Crippen molar-refractivity contribution in [3.63, 3.8) is 0 Å². The zero-order valence-electron chi connectivity index (χ0n) is 12.8. The molecule has 5 nitrogen and oxygen atoms in total. The molecule has 5 heteroatoms. The molecule has 2 aromatic carbocycles. The van der Waals surface area contributed by atoms with Gasteiger partial charge in [0, 0.05) is 5.56 Å². The normalized spacial score (nSPS) is 11.0. The van der Waals surface area contributed by atoms with Crippen molar-refractivity contribution in [3.8, 4) is 11.5 Å². The van der Waals surface area contributed by atoms with Crippen LogP contribution < -0.4 is 14.9 Å². The zero-order chi connectivity index (χ0) is 15.9. The van der Waals surface area contributed by atoms with Gasteiger partial charge < -0.3 is 9.47 Å². The van der Waals surface area contributed by atoms with E-state index in [2.05, 4.69) is 10.5 Å². The lowest BCUT2D eigenvalue weighted by molar-refractivity contribution is 0.0954. The molecular weight excluding hydrogens is 280 g/mol. The van der Waals surface area contributed by atoms with E-state index in [1.54, 1.807) is 25.3 Å². The molecule has 0 saturated heterocycles. The fourth-order valence-corrected chi connectivity index (χ4v) is 1.92. The third-order valence-electron chi connectivity index (χ3n) is 3.16. The first-order valence-electron chi connectivity index (χ1n) is 6.77. The smallest absolute Gasteiger partial charge is 0.271 e. The lowest BCUT2D eigenvalue weighted by atomic mass is 10.1. The van der Waals surface area contributed by atoms with E-state index in [0.717, 1.165) is 11.3 Å². The van der Waals surface area contributed by atoms with Gasteiger partial charge in [0.15, 0.2) is 11.5 Å². The number of methoxy groups -OCH3 is 2. The molecule has 0 aromatic heterocycles. The quantitative estimate of drug-likeness (QED) is 0.682. The van der Waals surface area contributed by atoms with Crippen LogP contribution in [0.25, 0.3) is 0 Å². The Hall–Kier alpha value is -2.82. The van der Waals surface area contributed by atoms with E-state index in [1.807, 2.05) is 37.3 Å². The van der Waals surface area contributed by atoms with Crippen LogP contribution in [0.4, 0.5) is 0 Å². The number of hydrogen-bond donors (Lipinski definition) is 1. The summed E-state index contributed by atoms with van der Waals surface area (Å²) >= 11 is 0. The van der Waals surface area contributed by atoms with Gasteiger partial charge in [-0.25, -0.2) is 5.43 Å². The number of ether oxygens (including phenoxy) is 2. The largest absolute Gasteiger partial charge is 0.493 e. The Bertz CT molecular complexity index is 682. The Balaban J connectivity index is 2.12. The molecule has 0 fully saturated rings. The fraction of sp³-hybridized carbons (Fsp3) is 0.176. The second-order valence-electron chi connectivity index (χ2n) is 4.57. The highest BCUT2D eigenvalue weighted by molar-refractivity contribution is 6.00. The Morgan fingerprint density at radius 1 is 0.955 bits per heavy atom. The number of hydrazone groups is 1. The van der Waals surface area contributed by atoms with Gasteiger partial charge in [0.2, 0.25) is 0 Å². The highest BCUT2D eigenvalue weighted by Crippen LogP contribution is 2.27. The molecule has 0 unspecified atom stereocenters. The van der Waals surface area contributed by atoms with Crippen molar-refractivity contribution >= 4 is 11.6 Å². The van der Waals surface area contributed by atoms with E-state index < -0.39 is 0 Å². The SMILES string of the molecule is COc1ccc(C(=O)N/N=C(/C)c2ccccc2)cc1OC. The number of carbonyl (C=O) groups is 1. The first kappa shape index (κ1) is 15.6. The third-order valence-corrected chi connectivity index (χ3v) is 3.16. The molecular formula is C17H18N2O3. The lowest BCUT2D eigenvalue weighted by Crippen LogP contribution is -2.19. The summed E-state index contributed by atoms with van der Waals surface area (Å²) < 4.78 is 10.3. The average Bonchev–Trinajstić information content (AvgIpc) is 2.59. The molecule has 0 atom stereocenters. The minimum absolute atomic E-state index is 0.309. The second kappa shape index (κ2) is 7.26. The van der Waals surface area contributed by atoms with E-state index in [0.29, 0.717) is 17.1 Å². The van der Waals surface area contributed by atoms with Crippen LogP contribution in [0.2, 0.25) is 0 Å². The van der Waals surface area contributed by atoms with Crippen LogP contribution in [0.15, 0.2) is 53.6 Å². The zero-order valence-corrected chi connectivity index (χ0v) is 12.8. The molecule has 0 bridgehead atoms. The summed E-state index contributed by atoms with van der Waals surface area (Å²) in [6.07, 6.45) is 0. The van der Waals surface area contributed by atoms with Gasteiger partial charge in [-0.3, -0.25) is 4.79 Å². The number of carbonyl (C=O) groups excluding carboxylic acids is 1. The molecule has 0 aliphatic carbocycles. The molecule has 22 heavy (non-hydrogen) atoms. The molecule has 2 aromatic rings. The predicted octanol–water partition coefficient (Wildman–Crippen LogP) is 2.86. The van der Waals surface area contributed by atoms with Crippen molar-refractivity contribution in [2.24, 2.45) is 5.10 Å². The van der Waals surface area contributed by atoms with Gasteiger partial charge in [0.25, 0.3) is 5.91 Å². The van der Waals surface area contributed by atoms with Crippen molar-refractivity contribution in [2.75, 3.05) is 14.2 Å². The fourth-order valence-electron chi connectivity index (χ4n) is 1.92.